The Morgan fingerprint density at radius 3 is 0.838 bits per heavy atom. The number of allylic oxidation sites excluding steroid dienone is 14. The van der Waals surface area contributed by atoms with Crippen molar-refractivity contribution in [2.45, 2.75) is 316 Å². The van der Waals surface area contributed by atoms with E-state index < -0.39 is 6.10 Å². The summed E-state index contributed by atoms with van der Waals surface area (Å²) in [4.78, 5) is 38.1. The highest BCUT2D eigenvalue weighted by atomic mass is 16.6. The Bertz CT molecular complexity index is 1420. The van der Waals surface area contributed by atoms with Gasteiger partial charge in [-0.05, 0) is 96.3 Å². The molecule has 0 spiro atoms. The van der Waals surface area contributed by atoms with Crippen LogP contribution < -0.4 is 0 Å². The van der Waals surface area contributed by atoms with Crippen LogP contribution in [0.3, 0.4) is 0 Å². The zero-order valence-corrected chi connectivity index (χ0v) is 48.8. The van der Waals surface area contributed by atoms with Crippen LogP contribution in [0.2, 0.25) is 0 Å². The first-order valence-corrected chi connectivity index (χ1v) is 31.6. The zero-order chi connectivity index (χ0) is 53.6. The van der Waals surface area contributed by atoms with Gasteiger partial charge < -0.3 is 14.2 Å². The fourth-order valence-corrected chi connectivity index (χ4v) is 8.91. The van der Waals surface area contributed by atoms with Crippen molar-refractivity contribution in [3.8, 4) is 0 Å². The molecule has 74 heavy (non-hydrogen) atoms. The van der Waals surface area contributed by atoms with Gasteiger partial charge in [-0.2, -0.15) is 0 Å². The van der Waals surface area contributed by atoms with Crippen LogP contribution in [-0.4, -0.2) is 37.2 Å². The maximum atomic E-state index is 12.8. The molecule has 1 atom stereocenters. The molecule has 0 heterocycles. The van der Waals surface area contributed by atoms with E-state index in [1.807, 2.05) is 0 Å². The first kappa shape index (κ1) is 70.6. The molecule has 0 radical (unpaired) electrons. The van der Waals surface area contributed by atoms with E-state index in [0.717, 1.165) is 116 Å². The summed E-state index contributed by atoms with van der Waals surface area (Å²) in [5.74, 6) is -0.884. The number of hydrogen-bond donors (Lipinski definition) is 0. The van der Waals surface area contributed by atoms with E-state index in [1.54, 1.807) is 0 Å². The lowest BCUT2D eigenvalue weighted by atomic mass is 10.0. The number of carbonyl (C=O) groups excluding carboxylic acids is 3. The molecule has 0 rings (SSSR count). The predicted octanol–water partition coefficient (Wildman–Crippen LogP) is 21.5. The molecule has 0 fully saturated rings. The largest absolute Gasteiger partial charge is 0.462 e. The molecular formula is C68H118O6. The number of ether oxygens (including phenoxy) is 3. The molecule has 0 saturated carbocycles. The highest BCUT2D eigenvalue weighted by Crippen LogP contribution is 2.16. The second-order valence-corrected chi connectivity index (χ2v) is 20.9. The monoisotopic (exact) mass is 1030 g/mol. The first-order chi connectivity index (χ1) is 36.5. The molecule has 0 bridgehead atoms. The molecule has 0 aromatic rings. The van der Waals surface area contributed by atoms with Gasteiger partial charge in [0.2, 0.25) is 0 Å². The summed E-state index contributed by atoms with van der Waals surface area (Å²) in [6.45, 7) is 6.50. The fraction of sp³-hybridized carbons (Fsp3) is 0.750. The van der Waals surface area contributed by atoms with Gasteiger partial charge in [-0.25, -0.2) is 0 Å². The smallest absolute Gasteiger partial charge is 0.306 e. The Hall–Kier alpha value is -3.41. The van der Waals surface area contributed by atoms with E-state index in [1.165, 1.54) is 154 Å². The van der Waals surface area contributed by atoms with Crippen LogP contribution >= 0.6 is 0 Å². The van der Waals surface area contributed by atoms with Crippen LogP contribution in [0.4, 0.5) is 0 Å². The van der Waals surface area contributed by atoms with Gasteiger partial charge in [0.1, 0.15) is 13.2 Å². The summed E-state index contributed by atoms with van der Waals surface area (Å²) in [5.41, 5.74) is 0. The van der Waals surface area contributed by atoms with Crippen molar-refractivity contribution in [2.24, 2.45) is 0 Å². The molecule has 0 amide bonds. The molecule has 0 saturated heterocycles. The molecule has 0 aromatic heterocycles. The third-order valence-corrected chi connectivity index (χ3v) is 13.6. The number of rotatable bonds is 57. The van der Waals surface area contributed by atoms with E-state index in [-0.39, 0.29) is 31.1 Å². The van der Waals surface area contributed by atoms with Crippen LogP contribution in [0.15, 0.2) is 85.1 Å². The van der Waals surface area contributed by atoms with E-state index in [0.29, 0.717) is 19.3 Å². The van der Waals surface area contributed by atoms with E-state index in [4.69, 9.17) is 14.2 Å². The van der Waals surface area contributed by atoms with Crippen LogP contribution in [0.5, 0.6) is 0 Å². The molecule has 0 aliphatic heterocycles. The van der Waals surface area contributed by atoms with Gasteiger partial charge in [0.15, 0.2) is 6.10 Å². The molecule has 6 heteroatoms. The lowest BCUT2D eigenvalue weighted by molar-refractivity contribution is -0.167. The first-order valence-electron chi connectivity index (χ1n) is 31.6. The summed E-state index contributed by atoms with van der Waals surface area (Å²) in [6, 6.07) is 0. The van der Waals surface area contributed by atoms with Crippen LogP contribution in [0.1, 0.15) is 310 Å². The van der Waals surface area contributed by atoms with E-state index >= 15 is 0 Å². The highest BCUT2D eigenvalue weighted by molar-refractivity contribution is 5.71. The van der Waals surface area contributed by atoms with Gasteiger partial charge in [0, 0.05) is 19.3 Å². The minimum atomic E-state index is -0.780. The fourth-order valence-electron chi connectivity index (χ4n) is 8.91. The van der Waals surface area contributed by atoms with Crippen LogP contribution in [0.25, 0.3) is 0 Å². The van der Waals surface area contributed by atoms with Crippen molar-refractivity contribution in [1.82, 2.24) is 0 Å². The molecule has 0 aliphatic rings. The Kier molecular flexibility index (Phi) is 59.3. The third-order valence-electron chi connectivity index (χ3n) is 13.6. The second-order valence-electron chi connectivity index (χ2n) is 20.9. The Labute approximate surface area is 458 Å². The Balaban J connectivity index is 4.13. The summed E-state index contributed by atoms with van der Waals surface area (Å²) < 4.78 is 16.9. The van der Waals surface area contributed by atoms with Crippen molar-refractivity contribution in [2.75, 3.05) is 13.2 Å². The van der Waals surface area contributed by atoms with Gasteiger partial charge in [0.05, 0.1) is 0 Å². The average molecular weight is 1030 g/mol. The number of esters is 3. The SMILES string of the molecule is CC/C=C\C/C=C\C/C=C\C/C=C\C/C=C\CCCCCCCCCCCCCCCCCC(=O)OCC(COC(=O)CCCCCCCCCCC)OC(=O)CCCCCCC/C=C\C/C=C\CCCCCC. The molecule has 426 valence electrons. The number of carbonyl (C=O) groups is 3. The van der Waals surface area contributed by atoms with Gasteiger partial charge >= 0.3 is 17.9 Å². The summed E-state index contributed by atoms with van der Waals surface area (Å²) >= 11 is 0. The lowest BCUT2D eigenvalue weighted by Crippen LogP contribution is -2.30. The molecule has 0 N–H and O–H groups in total. The number of hydrogen-bond acceptors (Lipinski definition) is 6. The van der Waals surface area contributed by atoms with Crippen molar-refractivity contribution < 1.29 is 28.6 Å². The van der Waals surface area contributed by atoms with Crippen molar-refractivity contribution in [3.05, 3.63) is 85.1 Å². The summed E-state index contributed by atoms with van der Waals surface area (Å²) in [5, 5.41) is 0. The molecule has 0 aliphatic carbocycles. The summed E-state index contributed by atoms with van der Waals surface area (Å²) in [7, 11) is 0. The normalized spacial score (nSPS) is 12.6. The highest BCUT2D eigenvalue weighted by Gasteiger charge is 2.19. The van der Waals surface area contributed by atoms with Crippen molar-refractivity contribution >= 4 is 17.9 Å². The predicted molar refractivity (Wildman–Crippen MR) is 321 cm³/mol. The van der Waals surface area contributed by atoms with Gasteiger partial charge in [-0.1, -0.05) is 279 Å². The maximum Gasteiger partial charge on any atom is 0.306 e. The Morgan fingerprint density at radius 1 is 0.284 bits per heavy atom. The van der Waals surface area contributed by atoms with Gasteiger partial charge in [-0.15, -0.1) is 0 Å². The molecule has 1 unspecified atom stereocenters. The topological polar surface area (TPSA) is 78.9 Å². The quantitative estimate of drug-likeness (QED) is 0.0261. The molecule has 6 nitrogen and oxygen atoms in total. The van der Waals surface area contributed by atoms with Crippen LogP contribution in [-0.2, 0) is 28.6 Å². The average Bonchev–Trinajstić information content (AvgIpc) is 3.40. The van der Waals surface area contributed by atoms with Crippen molar-refractivity contribution in [3.63, 3.8) is 0 Å². The Morgan fingerprint density at radius 2 is 0.527 bits per heavy atom. The molecular weight excluding hydrogens is 913 g/mol. The molecule has 0 aromatic carbocycles. The van der Waals surface area contributed by atoms with Gasteiger partial charge in [0.25, 0.3) is 0 Å². The van der Waals surface area contributed by atoms with E-state index in [9.17, 15) is 14.4 Å². The van der Waals surface area contributed by atoms with Crippen LogP contribution in [0, 0.1) is 0 Å². The maximum absolute atomic E-state index is 12.8. The second kappa shape index (κ2) is 62.1. The minimum Gasteiger partial charge on any atom is -0.462 e. The third kappa shape index (κ3) is 59.5. The minimum absolute atomic E-state index is 0.0784. The van der Waals surface area contributed by atoms with Crippen molar-refractivity contribution in [1.29, 1.82) is 0 Å². The lowest BCUT2D eigenvalue weighted by Gasteiger charge is -2.18. The van der Waals surface area contributed by atoms with E-state index in [2.05, 4.69) is 106 Å². The summed E-state index contributed by atoms with van der Waals surface area (Å²) in [6.07, 6.45) is 81.8. The zero-order valence-electron chi connectivity index (χ0n) is 48.8. The standard InChI is InChI=1S/C68H118O6/c1-4-7-10-13-16-19-21-23-25-27-28-29-30-31-32-33-34-35-36-37-38-39-40-41-43-44-46-49-52-55-58-61-67(70)73-64-65(63-72-66(69)60-57-54-51-48-18-15-12-9-6-3)74-68(71)62-59-56-53-50-47-45-42-26-24-22-20-17-14-11-8-5-2/h7,10,16,19-20,22-23,25-26,28-29,31-32,42,65H,4-6,8-9,11-15,17-18,21,24,27,30,33-41,43-64H2,1-3H3/b10-7-,19-16-,22-20-,25-23-,29-28-,32-31-,42-26-. The number of unbranched alkanes of at least 4 members (excludes halogenated alkanes) is 32. The van der Waals surface area contributed by atoms with Gasteiger partial charge in [-0.3, -0.25) is 14.4 Å².